The van der Waals surface area contributed by atoms with Gasteiger partial charge in [0.05, 0.1) is 25.2 Å². The van der Waals surface area contributed by atoms with Crippen LogP contribution in [-0.2, 0) is 0 Å². The zero-order valence-corrected chi connectivity index (χ0v) is 16.9. The van der Waals surface area contributed by atoms with E-state index in [-0.39, 0.29) is 0 Å². The van der Waals surface area contributed by atoms with Crippen LogP contribution in [-0.4, -0.2) is 11.0 Å². The molecule has 1 heterocycles. The Balaban J connectivity index is 1.85. The smallest absolute Gasteiger partial charge is 0.308 e. The van der Waals surface area contributed by atoms with Gasteiger partial charge in [-0.1, -0.05) is 50.5 Å². The molecular weight excluding hydrogens is 467 g/mol. The lowest BCUT2D eigenvalue weighted by Crippen LogP contribution is -2.19. The molecule has 0 aliphatic heterocycles. The van der Waals surface area contributed by atoms with E-state index in [9.17, 15) is 4.79 Å². The molecule has 3 aromatic rings. The molecule has 0 radical (unpaired) electrons. The van der Waals surface area contributed by atoms with Gasteiger partial charge in [0.2, 0.25) is 0 Å². The minimum atomic E-state index is -0.432. The van der Waals surface area contributed by atoms with E-state index in [1.165, 1.54) is 11.3 Å². The van der Waals surface area contributed by atoms with Gasteiger partial charge in [-0.05, 0) is 42.1 Å². The number of fused-ring (bicyclic) bond motifs is 1. The van der Waals surface area contributed by atoms with Crippen LogP contribution < -0.4 is 10.6 Å². The van der Waals surface area contributed by atoms with Crippen LogP contribution in [0.3, 0.4) is 0 Å². The van der Waals surface area contributed by atoms with Gasteiger partial charge in [-0.2, -0.15) is 5.26 Å². The highest BCUT2D eigenvalue weighted by Gasteiger charge is 2.16. The summed E-state index contributed by atoms with van der Waals surface area (Å²) in [5.74, 6) is 0. The Labute approximate surface area is 169 Å². The maximum Gasteiger partial charge on any atom is 0.325 e. The first-order valence-electron chi connectivity index (χ1n) is 6.66. The molecule has 5 nitrogen and oxygen atoms in total. The number of rotatable bonds is 3. The molecule has 0 spiro atoms. The Kier molecular flexibility index (Phi) is 5.71. The summed E-state index contributed by atoms with van der Waals surface area (Å²) in [6, 6.07) is 8.32. The van der Waals surface area contributed by atoms with Gasteiger partial charge in [-0.25, -0.2) is 9.78 Å². The lowest BCUT2D eigenvalue weighted by Gasteiger charge is -2.05. The van der Waals surface area contributed by atoms with Gasteiger partial charge in [-0.15, -0.1) is 0 Å². The van der Waals surface area contributed by atoms with Crippen molar-refractivity contribution in [1.29, 1.82) is 5.26 Å². The molecule has 0 aliphatic rings. The first kappa shape index (κ1) is 18.3. The minimum Gasteiger partial charge on any atom is -0.308 e. The highest BCUT2D eigenvalue weighted by molar-refractivity contribution is 9.10. The highest BCUT2D eigenvalue weighted by atomic mass is 79.9. The summed E-state index contributed by atoms with van der Waals surface area (Å²) >= 11 is 17.8. The summed E-state index contributed by atoms with van der Waals surface area (Å²) in [6.07, 6.45) is 0. The summed E-state index contributed by atoms with van der Waals surface area (Å²) in [5.41, 5.74) is 1.17. The minimum absolute atomic E-state index is 0.335. The third-order valence-corrected chi connectivity index (χ3v) is 6.04. The number of hydrogen-bond acceptors (Lipinski definition) is 5. The fraction of sp³-hybridized carbons (Fsp3) is 0. The predicted octanol–water partition coefficient (Wildman–Crippen LogP) is 6.58. The number of thiazole rings is 1. The van der Waals surface area contributed by atoms with Gasteiger partial charge in [-0.3, -0.25) is 5.32 Å². The van der Waals surface area contributed by atoms with E-state index in [4.69, 9.17) is 28.5 Å². The van der Waals surface area contributed by atoms with Gasteiger partial charge < -0.3 is 5.32 Å². The van der Waals surface area contributed by atoms with Crippen molar-refractivity contribution in [3.8, 4) is 5.40 Å². The second kappa shape index (κ2) is 7.81. The number of benzene rings is 2. The number of thiocyanates is 1. The quantitative estimate of drug-likeness (QED) is 0.332. The molecule has 0 unspecified atom stereocenters. The molecule has 0 bridgehead atoms. The molecule has 2 N–H and O–H groups in total. The van der Waals surface area contributed by atoms with Gasteiger partial charge in [0.15, 0.2) is 5.13 Å². The van der Waals surface area contributed by atoms with E-state index in [2.05, 4.69) is 31.5 Å². The number of carbonyl (C=O) groups excluding carboxylic acids is 1. The van der Waals surface area contributed by atoms with Crippen molar-refractivity contribution in [2.75, 3.05) is 10.6 Å². The summed E-state index contributed by atoms with van der Waals surface area (Å²) in [7, 11) is 0. The van der Waals surface area contributed by atoms with Crippen LogP contribution in [0.5, 0.6) is 0 Å². The SMILES string of the molecule is N#CSc1cc(Cl)c(Cl)c2sc(NC(=O)Nc3ccc(Br)cc3)nc12. The van der Waals surface area contributed by atoms with Crippen LogP contribution >= 0.6 is 62.2 Å². The Morgan fingerprint density at radius 1 is 1.28 bits per heavy atom. The summed E-state index contributed by atoms with van der Waals surface area (Å²) in [6.45, 7) is 0. The molecule has 2 aromatic carbocycles. The number of urea groups is 1. The summed E-state index contributed by atoms with van der Waals surface area (Å²) in [5, 5.41) is 17.3. The molecule has 126 valence electrons. The number of thioether (sulfide) groups is 1. The maximum atomic E-state index is 12.1. The van der Waals surface area contributed by atoms with E-state index < -0.39 is 6.03 Å². The molecular formula is C15H7BrCl2N4OS2. The average Bonchev–Trinajstić information content (AvgIpc) is 2.99. The Morgan fingerprint density at radius 3 is 2.68 bits per heavy atom. The Bertz CT molecular complexity index is 1000. The zero-order chi connectivity index (χ0) is 18.0. The first-order chi connectivity index (χ1) is 12.0. The Morgan fingerprint density at radius 2 is 2.00 bits per heavy atom. The van der Waals surface area contributed by atoms with Gasteiger partial charge in [0.1, 0.15) is 5.40 Å². The molecule has 25 heavy (non-hydrogen) atoms. The highest BCUT2D eigenvalue weighted by Crippen LogP contribution is 2.41. The van der Waals surface area contributed by atoms with Gasteiger partial charge in [0, 0.05) is 10.2 Å². The van der Waals surface area contributed by atoms with Crippen LogP contribution in [0.4, 0.5) is 15.6 Å². The molecule has 0 aliphatic carbocycles. The number of nitrogens with one attached hydrogen (secondary N) is 2. The summed E-state index contributed by atoms with van der Waals surface area (Å²) < 4.78 is 1.53. The fourth-order valence-corrected chi connectivity index (χ4v) is 4.32. The van der Waals surface area contributed by atoms with Crippen molar-refractivity contribution in [2.24, 2.45) is 0 Å². The van der Waals surface area contributed by atoms with Crippen molar-refractivity contribution in [1.82, 2.24) is 4.98 Å². The zero-order valence-electron chi connectivity index (χ0n) is 12.1. The molecule has 3 rings (SSSR count). The third kappa shape index (κ3) is 4.19. The lowest BCUT2D eigenvalue weighted by atomic mass is 10.3. The van der Waals surface area contributed by atoms with Crippen molar-refractivity contribution in [2.45, 2.75) is 4.90 Å². The first-order valence-corrected chi connectivity index (χ1v) is 9.84. The summed E-state index contributed by atoms with van der Waals surface area (Å²) in [4.78, 5) is 17.1. The van der Waals surface area contributed by atoms with E-state index in [0.717, 1.165) is 16.2 Å². The fourth-order valence-electron chi connectivity index (χ4n) is 1.96. The van der Waals surface area contributed by atoms with Crippen LogP contribution in [0.1, 0.15) is 0 Å². The predicted molar refractivity (Wildman–Crippen MR) is 108 cm³/mol. The van der Waals surface area contributed by atoms with Crippen molar-refractivity contribution >= 4 is 89.3 Å². The van der Waals surface area contributed by atoms with Crippen LogP contribution in [0, 0.1) is 10.7 Å². The van der Waals surface area contributed by atoms with Crippen molar-refractivity contribution < 1.29 is 4.79 Å². The number of hydrogen-bond donors (Lipinski definition) is 2. The monoisotopic (exact) mass is 472 g/mol. The molecule has 0 saturated heterocycles. The molecule has 0 saturated carbocycles. The molecule has 2 amide bonds. The number of carbonyl (C=O) groups is 1. The van der Waals surface area contributed by atoms with Crippen molar-refractivity contribution in [3.63, 3.8) is 0 Å². The number of halogens is 3. The van der Waals surface area contributed by atoms with Crippen molar-refractivity contribution in [3.05, 3.63) is 44.8 Å². The van der Waals surface area contributed by atoms with E-state index >= 15 is 0 Å². The number of nitriles is 1. The normalized spacial score (nSPS) is 10.5. The molecule has 1 aromatic heterocycles. The molecule has 0 atom stereocenters. The number of anilines is 2. The second-order valence-electron chi connectivity index (χ2n) is 4.65. The Hall–Kier alpha value is -1.50. The number of amides is 2. The van der Waals surface area contributed by atoms with E-state index in [0.29, 0.717) is 36.0 Å². The van der Waals surface area contributed by atoms with Gasteiger partial charge >= 0.3 is 6.03 Å². The van der Waals surface area contributed by atoms with E-state index in [1.54, 1.807) is 18.2 Å². The standard InChI is InChI=1S/C15H7BrCl2N4OS2/c16-7-1-3-8(4-2-7)20-14(23)22-15-21-12-10(24-6-19)5-9(17)11(18)13(12)25-15/h1-5H,(H2,20,21,22,23). The number of nitrogens with zero attached hydrogens (tertiary/aromatic N) is 2. The number of aromatic nitrogens is 1. The third-order valence-electron chi connectivity index (χ3n) is 3.01. The van der Waals surface area contributed by atoms with E-state index in [1.807, 2.05) is 17.5 Å². The average molecular weight is 474 g/mol. The molecule has 10 heteroatoms. The maximum absolute atomic E-state index is 12.1. The molecule has 0 fully saturated rings. The van der Waals surface area contributed by atoms with Gasteiger partial charge in [0.25, 0.3) is 0 Å². The van der Waals surface area contributed by atoms with Crippen LogP contribution in [0.25, 0.3) is 10.2 Å². The lowest BCUT2D eigenvalue weighted by molar-refractivity contribution is 0.262. The van der Waals surface area contributed by atoms with Crippen LogP contribution in [0.2, 0.25) is 10.0 Å². The van der Waals surface area contributed by atoms with Crippen LogP contribution in [0.15, 0.2) is 39.7 Å². The topological polar surface area (TPSA) is 77.8 Å². The largest absolute Gasteiger partial charge is 0.325 e. The second-order valence-corrected chi connectivity index (χ2v) is 8.17.